The van der Waals surface area contributed by atoms with Crippen LogP contribution in [0.4, 0.5) is 0 Å². The number of benzene rings is 2. The van der Waals surface area contributed by atoms with E-state index >= 15 is 0 Å². The molecule has 18 heavy (non-hydrogen) atoms. The van der Waals surface area contributed by atoms with Crippen LogP contribution in [0, 0.1) is 3.57 Å². The average Bonchev–Trinajstić information content (AvgIpc) is 2.41. The minimum atomic E-state index is -0.406. The van der Waals surface area contributed by atoms with E-state index < -0.39 is 5.97 Å². The Bertz CT molecular complexity index is 549. The number of carbonyl (C=O) groups is 1. The van der Waals surface area contributed by atoms with E-state index in [1.807, 2.05) is 30.3 Å². The molecule has 0 heterocycles. The van der Waals surface area contributed by atoms with Gasteiger partial charge in [-0.3, -0.25) is 0 Å². The molecule has 3 nitrogen and oxygen atoms in total. The molecule has 0 amide bonds. The number of hydrogen-bond acceptors (Lipinski definition) is 3. The van der Waals surface area contributed by atoms with Crippen LogP contribution in [0.5, 0.6) is 11.5 Å². The van der Waals surface area contributed by atoms with Gasteiger partial charge in [-0.1, -0.05) is 12.1 Å². The Labute approximate surface area is 119 Å². The first-order valence-electron chi connectivity index (χ1n) is 5.31. The van der Waals surface area contributed by atoms with Gasteiger partial charge < -0.3 is 9.47 Å². The molecule has 4 heteroatoms. The van der Waals surface area contributed by atoms with Crippen molar-refractivity contribution < 1.29 is 14.3 Å². The maximum absolute atomic E-state index is 11.6. The van der Waals surface area contributed by atoms with Crippen molar-refractivity contribution in [2.75, 3.05) is 7.11 Å². The lowest BCUT2D eigenvalue weighted by Crippen LogP contribution is -2.03. The summed E-state index contributed by atoms with van der Waals surface area (Å²) in [4.78, 5) is 11.6. The number of methoxy groups -OCH3 is 1. The minimum Gasteiger partial charge on any atom is -0.465 e. The van der Waals surface area contributed by atoms with Crippen LogP contribution in [-0.2, 0) is 4.74 Å². The number of halogens is 1. The Morgan fingerprint density at radius 2 is 1.72 bits per heavy atom. The summed E-state index contributed by atoms with van der Waals surface area (Å²) in [5.41, 5.74) is 0.415. The van der Waals surface area contributed by atoms with Crippen molar-refractivity contribution in [2.45, 2.75) is 0 Å². The van der Waals surface area contributed by atoms with Gasteiger partial charge in [-0.15, -0.1) is 0 Å². The molecule has 0 atom stereocenters. The van der Waals surface area contributed by atoms with Gasteiger partial charge in [-0.05, 0) is 59.0 Å². The van der Waals surface area contributed by atoms with E-state index in [0.717, 1.165) is 3.57 Å². The van der Waals surface area contributed by atoms with Gasteiger partial charge in [-0.2, -0.15) is 0 Å². The number of esters is 1. The molecular formula is C14H11IO3. The van der Waals surface area contributed by atoms with Crippen LogP contribution in [0.2, 0.25) is 0 Å². The maximum Gasteiger partial charge on any atom is 0.341 e. The largest absolute Gasteiger partial charge is 0.465 e. The highest BCUT2D eigenvalue weighted by Gasteiger charge is 2.12. The first kappa shape index (κ1) is 12.9. The summed E-state index contributed by atoms with van der Waals surface area (Å²) in [6, 6.07) is 14.6. The molecular weight excluding hydrogens is 343 g/mol. The van der Waals surface area contributed by atoms with Crippen LogP contribution in [0.1, 0.15) is 10.4 Å². The average molecular weight is 354 g/mol. The molecule has 0 aliphatic carbocycles. The van der Waals surface area contributed by atoms with Crippen molar-refractivity contribution in [3.63, 3.8) is 0 Å². The molecule has 0 saturated heterocycles. The Morgan fingerprint density at radius 3 is 2.39 bits per heavy atom. The van der Waals surface area contributed by atoms with E-state index in [4.69, 9.17) is 9.47 Å². The van der Waals surface area contributed by atoms with Gasteiger partial charge in [0.15, 0.2) is 0 Å². The van der Waals surface area contributed by atoms with Crippen molar-refractivity contribution in [1.82, 2.24) is 0 Å². The molecule has 2 aromatic carbocycles. The number of carbonyl (C=O) groups excluding carboxylic acids is 1. The summed E-state index contributed by atoms with van der Waals surface area (Å²) < 4.78 is 11.5. The van der Waals surface area contributed by atoms with Gasteiger partial charge in [-0.25, -0.2) is 4.79 Å². The normalized spacial score (nSPS) is 9.89. The minimum absolute atomic E-state index is 0.406. The molecule has 0 bridgehead atoms. The zero-order valence-electron chi connectivity index (χ0n) is 9.72. The molecule has 92 valence electrons. The first-order chi connectivity index (χ1) is 8.70. The smallest absolute Gasteiger partial charge is 0.341 e. The van der Waals surface area contributed by atoms with Gasteiger partial charge in [0, 0.05) is 3.57 Å². The van der Waals surface area contributed by atoms with Gasteiger partial charge in [0.1, 0.15) is 17.1 Å². The van der Waals surface area contributed by atoms with E-state index in [1.165, 1.54) is 7.11 Å². The van der Waals surface area contributed by atoms with Crippen LogP contribution in [0.15, 0.2) is 48.5 Å². The lowest BCUT2D eigenvalue weighted by Gasteiger charge is -2.09. The molecule has 0 aliphatic rings. The highest BCUT2D eigenvalue weighted by molar-refractivity contribution is 14.1. The van der Waals surface area contributed by atoms with E-state index in [-0.39, 0.29) is 0 Å². The fraction of sp³-hybridized carbons (Fsp3) is 0.0714. The van der Waals surface area contributed by atoms with Crippen LogP contribution < -0.4 is 4.74 Å². The maximum atomic E-state index is 11.6. The van der Waals surface area contributed by atoms with Crippen molar-refractivity contribution in [2.24, 2.45) is 0 Å². The second kappa shape index (κ2) is 5.86. The molecule has 0 N–H and O–H groups in total. The zero-order chi connectivity index (χ0) is 13.0. The van der Waals surface area contributed by atoms with E-state index in [1.54, 1.807) is 18.2 Å². The summed E-state index contributed by atoms with van der Waals surface area (Å²) in [7, 11) is 1.35. The van der Waals surface area contributed by atoms with Crippen LogP contribution in [0.3, 0.4) is 0 Å². The van der Waals surface area contributed by atoms with E-state index in [0.29, 0.717) is 17.1 Å². The molecule has 0 spiro atoms. The highest BCUT2D eigenvalue weighted by Crippen LogP contribution is 2.26. The quantitative estimate of drug-likeness (QED) is 0.620. The molecule has 0 aliphatic heterocycles. The summed E-state index contributed by atoms with van der Waals surface area (Å²) in [6.07, 6.45) is 0. The Morgan fingerprint density at radius 1 is 1.06 bits per heavy atom. The lowest BCUT2D eigenvalue weighted by molar-refractivity contribution is 0.0598. The van der Waals surface area contributed by atoms with Crippen molar-refractivity contribution in [1.29, 1.82) is 0 Å². The SMILES string of the molecule is COC(=O)c1ccccc1Oc1ccc(I)cc1. The third-order valence-electron chi connectivity index (χ3n) is 2.33. The molecule has 0 unspecified atom stereocenters. The van der Waals surface area contributed by atoms with Gasteiger partial charge >= 0.3 is 5.97 Å². The molecule has 0 aromatic heterocycles. The molecule has 0 fully saturated rings. The van der Waals surface area contributed by atoms with Gasteiger partial charge in [0.05, 0.1) is 7.11 Å². The van der Waals surface area contributed by atoms with Crippen LogP contribution in [0.25, 0.3) is 0 Å². The number of para-hydroxylation sites is 1. The predicted molar refractivity (Wildman–Crippen MR) is 77.0 cm³/mol. The third-order valence-corrected chi connectivity index (χ3v) is 3.05. The number of hydrogen-bond donors (Lipinski definition) is 0. The zero-order valence-corrected chi connectivity index (χ0v) is 11.9. The van der Waals surface area contributed by atoms with Crippen LogP contribution in [-0.4, -0.2) is 13.1 Å². The highest BCUT2D eigenvalue weighted by atomic mass is 127. The number of ether oxygens (including phenoxy) is 2. The van der Waals surface area contributed by atoms with Crippen LogP contribution >= 0.6 is 22.6 Å². The molecule has 0 radical (unpaired) electrons. The Kier molecular flexibility index (Phi) is 4.19. The van der Waals surface area contributed by atoms with E-state index in [2.05, 4.69) is 22.6 Å². The van der Waals surface area contributed by atoms with Crippen molar-refractivity contribution in [3.8, 4) is 11.5 Å². The molecule has 2 rings (SSSR count). The number of rotatable bonds is 3. The monoisotopic (exact) mass is 354 g/mol. The summed E-state index contributed by atoms with van der Waals surface area (Å²) >= 11 is 2.22. The predicted octanol–water partition coefficient (Wildman–Crippen LogP) is 3.87. The summed E-state index contributed by atoms with van der Waals surface area (Å²) in [5, 5.41) is 0. The second-order valence-electron chi connectivity index (χ2n) is 3.54. The van der Waals surface area contributed by atoms with Crippen molar-refractivity contribution in [3.05, 3.63) is 57.7 Å². The molecule has 2 aromatic rings. The van der Waals surface area contributed by atoms with Crippen molar-refractivity contribution >= 4 is 28.6 Å². The summed E-state index contributed by atoms with van der Waals surface area (Å²) in [5.74, 6) is 0.772. The van der Waals surface area contributed by atoms with Gasteiger partial charge in [0.2, 0.25) is 0 Å². The second-order valence-corrected chi connectivity index (χ2v) is 4.79. The Hall–Kier alpha value is -1.56. The summed E-state index contributed by atoms with van der Waals surface area (Å²) in [6.45, 7) is 0. The Balaban J connectivity index is 2.28. The fourth-order valence-electron chi connectivity index (χ4n) is 1.46. The third kappa shape index (κ3) is 3.01. The van der Waals surface area contributed by atoms with Gasteiger partial charge in [0.25, 0.3) is 0 Å². The fourth-order valence-corrected chi connectivity index (χ4v) is 1.82. The molecule has 0 saturated carbocycles. The van der Waals surface area contributed by atoms with E-state index in [9.17, 15) is 4.79 Å². The first-order valence-corrected chi connectivity index (χ1v) is 6.39. The lowest BCUT2D eigenvalue weighted by atomic mass is 10.2. The topological polar surface area (TPSA) is 35.5 Å². The standard InChI is InChI=1S/C14H11IO3/c1-17-14(16)12-4-2-3-5-13(12)18-11-8-6-10(15)7-9-11/h2-9H,1H3.